The van der Waals surface area contributed by atoms with E-state index in [1.807, 2.05) is 0 Å². The Hall–Kier alpha value is -0.360. The van der Waals surface area contributed by atoms with Crippen LogP contribution in [-0.2, 0) is 48.8 Å². The van der Waals surface area contributed by atoms with E-state index in [1.54, 1.807) is 0 Å². The molecule has 0 unspecified atom stereocenters. The fourth-order valence-corrected chi connectivity index (χ4v) is 4.90. The smallest absolute Gasteiger partial charge is 0.264 e. The highest BCUT2D eigenvalue weighted by Crippen LogP contribution is 2.06. The fraction of sp³-hybridized carbons (Fsp3) is 1.00. The lowest BCUT2D eigenvalue weighted by Gasteiger charge is -2.05. The summed E-state index contributed by atoms with van der Waals surface area (Å²) < 4.78 is 112. The molecule has 26 heavy (non-hydrogen) atoms. The van der Waals surface area contributed by atoms with E-state index in [9.17, 15) is 33.7 Å². The van der Waals surface area contributed by atoms with Crippen LogP contribution in [0.15, 0.2) is 0 Å². The van der Waals surface area contributed by atoms with Crippen LogP contribution in [0.1, 0.15) is 25.7 Å². The van der Waals surface area contributed by atoms with Crippen molar-refractivity contribution in [3.8, 4) is 0 Å². The molecule has 0 aromatic rings. The number of hydrogen-bond acceptors (Lipinski definition) is 10. The molecule has 0 amide bonds. The van der Waals surface area contributed by atoms with Crippen molar-refractivity contribution in [1.29, 1.82) is 0 Å². The van der Waals surface area contributed by atoms with Gasteiger partial charge in [-0.3, -0.25) is 9.11 Å². The molecule has 0 aliphatic rings. The largest absolute Gasteiger partial charge is 0.397 e. The molecule has 0 aromatic heterocycles. The first-order valence-electron chi connectivity index (χ1n) is 7.26. The fourth-order valence-electron chi connectivity index (χ4n) is 1.73. The standard InChI is InChI=1S/C10H22O12S4/c11-23(12,9-5-21-25(15,16)17)7-3-1-2-4-8-24(13,14)10-6-22-26(18,19)20/h1-10H2,(H,15,16,17)(H,18,19,20). The first kappa shape index (κ1) is 25.6. The van der Waals surface area contributed by atoms with Gasteiger partial charge in [0.05, 0.1) is 36.2 Å². The van der Waals surface area contributed by atoms with E-state index >= 15 is 0 Å². The van der Waals surface area contributed by atoms with Crippen LogP contribution in [0.5, 0.6) is 0 Å². The van der Waals surface area contributed by atoms with Gasteiger partial charge < -0.3 is 0 Å². The first-order valence-corrected chi connectivity index (χ1v) is 13.6. The lowest BCUT2D eigenvalue weighted by molar-refractivity contribution is 0.282. The summed E-state index contributed by atoms with van der Waals surface area (Å²) in [5, 5.41) is 0. The zero-order valence-electron chi connectivity index (χ0n) is 13.7. The molecule has 0 aliphatic heterocycles. The van der Waals surface area contributed by atoms with Crippen molar-refractivity contribution >= 4 is 40.5 Å². The molecule has 0 saturated carbocycles. The summed E-state index contributed by atoms with van der Waals surface area (Å²) in [6, 6.07) is 0. The van der Waals surface area contributed by atoms with E-state index in [2.05, 4.69) is 8.37 Å². The van der Waals surface area contributed by atoms with Gasteiger partial charge in [0.1, 0.15) is 0 Å². The monoisotopic (exact) mass is 462 g/mol. The van der Waals surface area contributed by atoms with Crippen LogP contribution in [-0.4, -0.2) is 79.0 Å². The summed E-state index contributed by atoms with van der Waals surface area (Å²) in [7, 11) is -16.5. The van der Waals surface area contributed by atoms with Crippen molar-refractivity contribution < 1.29 is 51.1 Å². The Balaban J connectivity index is 3.92. The van der Waals surface area contributed by atoms with Gasteiger partial charge in [-0.15, -0.1) is 0 Å². The highest BCUT2D eigenvalue weighted by Gasteiger charge is 2.15. The topological polar surface area (TPSA) is 195 Å². The molecule has 158 valence electrons. The van der Waals surface area contributed by atoms with Gasteiger partial charge in [-0.25, -0.2) is 25.2 Å². The van der Waals surface area contributed by atoms with Crippen LogP contribution >= 0.6 is 0 Å². The molecule has 0 heterocycles. The summed E-state index contributed by atoms with van der Waals surface area (Å²) in [5.41, 5.74) is 0. The quantitative estimate of drug-likeness (QED) is 0.223. The van der Waals surface area contributed by atoms with E-state index in [0.717, 1.165) is 0 Å². The Morgan fingerprint density at radius 1 is 0.500 bits per heavy atom. The SMILES string of the molecule is O=S(=O)(CCCCCCS(=O)(=O)CCOS(=O)(=O)O)CCOS(=O)(=O)O. The maximum absolute atomic E-state index is 11.6. The molecular weight excluding hydrogens is 440 g/mol. The average Bonchev–Trinajstić information content (AvgIpc) is 2.39. The lowest BCUT2D eigenvalue weighted by atomic mass is 10.2. The normalized spacial score (nSPS) is 13.8. The Kier molecular flexibility index (Phi) is 10.7. The van der Waals surface area contributed by atoms with Crippen molar-refractivity contribution in [2.24, 2.45) is 0 Å². The molecule has 0 atom stereocenters. The highest BCUT2D eigenvalue weighted by atomic mass is 32.3. The summed E-state index contributed by atoms with van der Waals surface area (Å²) >= 11 is 0. The van der Waals surface area contributed by atoms with Gasteiger partial charge in [-0.05, 0) is 12.8 Å². The minimum Gasteiger partial charge on any atom is -0.264 e. The zero-order valence-corrected chi connectivity index (χ0v) is 16.9. The first-order chi connectivity index (χ1) is 11.6. The van der Waals surface area contributed by atoms with Crippen molar-refractivity contribution in [2.75, 3.05) is 36.2 Å². The molecular formula is C10H22O12S4. The van der Waals surface area contributed by atoms with Crippen molar-refractivity contribution in [2.45, 2.75) is 25.7 Å². The van der Waals surface area contributed by atoms with Crippen LogP contribution in [0.2, 0.25) is 0 Å². The third-order valence-corrected chi connectivity index (χ3v) is 7.24. The van der Waals surface area contributed by atoms with Gasteiger partial charge in [0.25, 0.3) is 0 Å². The minimum atomic E-state index is -4.69. The van der Waals surface area contributed by atoms with Gasteiger partial charge >= 0.3 is 20.8 Å². The molecule has 0 bridgehead atoms. The Morgan fingerprint density at radius 2 is 0.808 bits per heavy atom. The molecule has 0 saturated heterocycles. The van der Waals surface area contributed by atoms with Gasteiger partial charge in [-0.2, -0.15) is 16.8 Å². The Morgan fingerprint density at radius 3 is 1.08 bits per heavy atom. The molecule has 0 radical (unpaired) electrons. The van der Waals surface area contributed by atoms with Crippen molar-refractivity contribution in [3.05, 3.63) is 0 Å². The summed E-state index contributed by atoms with van der Waals surface area (Å²) in [6.07, 6.45) is 1.30. The maximum Gasteiger partial charge on any atom is 0.397 e. The molecule has 0 aliphatic carbocycles. The third kappa shape index (κ3) is 17.1. The maximum atomic E-state index is 11.6. The van der Waals surface area contributed by atoms with Crippen LogP contribution in [0.4, 0.5) is 0 Å². The molecule has 0 spiro atoms. The van der Waals surface area contributed by atoms with Gasteiger partial charge in [-0.1, -0.05) is 12.8 Å². The van der Waals surface area contributed by atoms with E-state index in [4.69, 9.17) is 9.11 Å². The van der Waals surface area contributed by atoms with Gasteiger partial charge in [0.2, 0.25) is 0 Å². The summed E-state index contributed by atoms with van der Waals surface area (Å²) in [6.45, 7) is -1.38. The third-order valence-electron chi connectivity index (χ3n) is 2.91. The average molecular weight is 463 g/mol. The predicted octanol–water partition coefficient (Wildman–Crippen LogP) is -0.985. The summed E-state index contributed by atoms with van der Waals surface area (Å²) in [5.74, 6) is -1.63. The van der Waals surface area contributed by atoms with Crippen molar-refractivity contribution in [1.82, 2.24) is 0 Å². The van der Waals surface area contributed by atoms with Crippen LogP contribution in [0.3, 0.4) is 0 Å². The second-order valence-electron chi connectivity index (χ2n) is 5.22. The van der Waals surface area contributed by atoms with Crippen LogP contribution < -0.4 is 0 Å². The van der Waals surface area contributed by atoms with Crippen LogP contribution in [0.25, 0.3) is 0 Å². The number of hydrogen-bond donors (Lipinski definition) is 2. The zero-order chi connectivity index (χ0) is 20.5. The molecule has 16 heteroatoms. The highest BCUT2D eigenvalue weighted by molar-refractivity contribution is 7.91. The number of rotatable bonds is 15. The van der Waals surface area contributed by atoms with E-state index in [-0.39, 0.29) is 24.3 Å². The summed E-state index contributed by atoms with van der Waals surface area (Å²) in [4.78, 5) is 0. The molecule has 12 nitrogen and oxygen atoms in total. The van der Waals surface area contributed by atoms with Gasteiger partial charge in [0.15, 0.2) is 19.7 Å². The predicted molar refractivity (Wildman–Crippen MR) is 90.8 cm³/mol. The molecule has 0 fully saturated rings. The Bertz CT molecular complexity index is 750. The number of unbranched alkanes of at least 4 members (excludes halogenated alkanes) is 3. The minimum absolute atomic E-state index is 0.236. The molecule has 0 aromatic carbocycles. The molecule has 0 rings (SSSR count). The van der Waals surface area contributed by atoms with Crippen molar-refractivity contribution in [3.63, 3.8) is 0 Å². The lowest BCUT2D eigenvalue weighted by Crippen LogP contribution is -2.18. The Labute approximate surface area is 153 Å². The number of sulfone groups is 2. The van der Waals surface area contributed by atoms with E-state index in [0.29, 0.717) is 12.8 Å². The van der Waals surface area contributed by atoms with E-state index in [1.165, 1.54) is 0 Å². The second kappa shape index (κ2) is 10.8. The molecule has 2 N–H and O–H groups in total. The van der Waals surface area contributed by atoms with E-state index < -0.39 is 65.2 Å². The van der Waals surface area contributed by atoms with Gasteiger partial charge in [0, 0.05) is 0 Å². The second-order valence-corrected chi connectivity index (χ2v) is 12.0. The van der Waals surface area contributed by atoms with Crippen LogP contribution in [0, 0.1) is 0 Å².